The number of benzene rings is 2. The average Bonchev–Trinajstić information content (AvgIpc) is 3.51. The van der Waals surface area contributed by atoms with Crippen molar-refractivity contribution < 1.29 is 23.4 Å². The van der Waals surface area contributed by atoms with Crippen LogP contribution >= 0.6 is 0 Å². The number of carbonyl (C=O) groups excluding carboxylic acids is 1. The van der Waals surface area contributed by atoms with E-state index in [9.17, 15) is 18.7 Å². The maximum atomic E-state index is 13.2. The third-order valence-electron chi connectivity index (χ3n) is 4.61. The largest absolute Gasteiger partial charge is 0.491 e. The van der Waals surface area contributed by atoms with Crippen LogP contribution in [-0.2, 0) is 0 Å². The Hall–Kier alpha value is -3.33. The fraction of sp³-hybridized carbons (Fsp3) is 0.286. The van der Waals surface area contributed by atoms with Gasteiger partial charge in [0.25, 0.3) is 5.91 Å². The molecule has 1 aromatic heterocycles. The first kappa shape index (κ1) is 20.0. The van der Waals surface area contributed by atoms with Gasteiger partial charge in [0, 0.05) is 18.5 Å². The molecule has 1 fully saturated rings. The van der Waals surface area contributed by atoms with Gasteiger partial charge in [0.05, 0.1) is 5.69 Å². The fourth-order valence-corrected chi connectivity index (χ4v) is 2.89. The van der Waals surface area contributed by atoms with E-state index in [-0.39, 0.29) is 30.6 Å². The number of aromatic nitrogens is 3. The highest BCUT2D eigenvalue weighted by molar-refractivity contribution is 5.90. The molecule has 0 aliphatic heterocycles. The first-order valence-corrected chi connectivity index (χ1v) is 9.58. The Morgan fingerprint density at radius 3 is 2.67 bits per heavy atom. The van der Waals surface area contributed by atoms with Crippen molar-refractivity contribution in [3.63, 3.8) is 0 Å². The monoisotopic (exact) mass is 414 g/mol. The van der Waals surface area contributed by atoms with Gasteiger partial charge in [-0.1, -0.05) is 18.2 Å². The molecule has 2 N–H and O–H groups in total. The number of halogens is 2. The third-order valence-corrected chi connectivity index (χ3v) is 4.61. The quantitative estimate of drug-likeness (QED) is 0.592. The van der Waals surface area contributed by atoms with Gasteiger partial charge in [0.15, 0.2) is 11.6 Å². The van der Waals surface area contributed by atoms with Crippen molar-refractivity contribution in [1.29, 1.82) is 0 Å². The van der Waals surface area contributed by atoms with E-state index >= 15 is 0 Å². The minimum Gasteiger partial charge on any atom is -0.491 e. The Labute approximate surface area is 171 Å². The van der Waals surface area contributed by atoms with E-state index in [1.807, 2.05) is 30.3 Å². The lowest BCUT2D eigenvalue weighted by Gasteiger charge is -2.12. The van der Waals surface area contributed by atoms with Gasteiger partial charge in [0.2, 0.25) is 5.82 Å². The van der Waals surface area contributed by atoms with Crippen LogP contribution in [0.4, 0.5) is 8.78 Å². The number of carbonyl (C=O) groups is 1. The number of amides is 1. The highest BCUT2D eigenvalue weighted by atomic mass is 19.2. The number of hydrogen-bond donors (Lipinski definition) is 2. The Balaban J connectivity index is 1.35. The van der Waals surface area contributed by atoms with Crippen molar-refractivity contribution in [3.05, 3.63) is 71.8 Å². The maximum absolute atomic E-state index is 13.2. The number of aliphatic hydroxyl groups is 1. The van der Waals surface area contributed by atoms with E-state index in [4.69, 9.17) is 4.74 Å². The normalized spacial score (nSPS) is 14.4. The summed E-state index contributed by atoms with van der Waals surface area (Å²) < 4.78 is 33.0. The van der Waals surface area contributed by atoms with E-state index < -0.39 is 23.6 Å². The smallest absolute Gasteiger partial charge is 0.291 e. The van der Waals surface area contributed by atoms with Gasteiger partial charge in [-0.3, -0.25) is 4.79 Å². The van der Waals surface area contributed by atoms with Gasteiger partial charge < -0.3 is 15.2 Å². The lowest BCUT2D eigenvalue weighted by molar-refractivity contribution is 0.0835. The molecule has 1 heterocycles. The second kappa shape index (κ2) is 8.58. The molecule has 1 unspecified atom stereocenters. The summed E-state index contributed by atoms with van der Waals surface area (Å²) in [6.07, 6.45) is 0.959. The Bertz CT molecular complexity index is 1040. The second-order valence-electron chi connectivity index (χ2n) is 7.07. The van der Waals surface area contributed by atoms with Gasteiger partial charge in [-0.25, -0.2) is 18.4 Å². The average molecular weight is 414 g/mol. The van der Waals surface area contributed by atoms with E-state index in [0.29, 0.717) is 0 Å². The Kier molecular flexibility index (Phi) is 5.71. The van der Waals surface area contributed by atoms with Crippen molar-refractivity contribution in [1.82, 2.24) is 20.1 Å². The van der Waals surface area contributed by atoms with Crippen LogP contribution in [0.1, 0.15) is 35.2 Å². The lowest BCUT2D eigenvalue weighted by Crippen LogP contribution is -2.35. The molecule has 9 heteroatoms. The molecule has 0 spiro atoms. The SMILES string of the molecule is O=C(NCC(O)COc1ccc(F)c(F)c1)c1nc(C2CC2)n(-c2ccccc2)n1. The summed E-state index contributed by atoms with van der Waals surface area (Å²) in [4.78, 5) is 16.8. The number of nitrogens with zero attached hydrogens (tertiary/aromatic N) is 3. The predicted molar refractivity (Wildman–Crippen MR) is 104 cm³/mol. The summed E-state index contributed by atoms with van der Waals surface area (Å²) in [5.74, 6) is -1.41. The lowest BCUT2D eigenvalue weighted by atomic mass is 10.3. The highest BCUT2D eigenvalue weighted by Gasteiger charge is 2.31. The van der Waals surface area contributed by atoms with Crippen molar-refractivity contribution >= 4 is 5.91 Å². The molecule has 156 valence electrons. The zero-order valence-corrected chi connectivity index (χ0v) is 16.0. The van der Waals surface area contributed by atoms with Gasteiger partial charge in [-0.05, 0) is 37.1 Å². The van der Waals surface area contributed by atoms with Crippen LogP contribution in [0, 0.1) is 11.6 Å². The summed E-state index contributed by atoms with van der Waals surface area (Å²) >= 11 is 0. The van der Waals surface area contributed by atoms with Crippen LogP contribution in [0.2, 0.25) is 0 Å². The molecule has 30 heavy (non-hydrogen) atoms. The fourth-order valence-electron chi connectivity index (χ4n) is 2.89. The molecule has 0 radical (unpaired) electrons. The number of para-hydroxylation sites is 1. The van der Waals surface area contributed by atoms with E-state index in [1.165, 1.54) is 6.07 Å². The third kappa shape index (κ3) is 4.62. The first-order chi connectivity index (χ1) is 14.5. The van der Waals surface area contributed by atoms with E-state index in [2.05, 4.69) is 15.4 Å². The molecule has 1 aliphatic rings. The summed E-state index contributed by atoms with van der Waals surface area (Å²) in [6.45, 7) is -0.314. The minimum absolute atomic E-state index is 0.0227. The minimum atomic E-state index is -1.05. The van der Waals surface area contributed by atoms with E-state index in [1.54, 1.807) is 4.68 Å². The molecule has 3 aromatic rings. The first-order valence-electron chi connectivity index (χ1n) is 9.58. The molecule has 4 rings (SSSR count). The predicted octanol–water partition coefficient (Wildman–Crippen LogP) is 2.59. The molecule has 1 aliphatic carbocycles. The molecule has 1 amide bonds. The molecule has 1 saturated carbocycles. The summed E-state index contributed by atoms with van der Waals surface area (Å²) in [5, 5.41) is 16.9. The molecular formula is C21H20F2N4O3. The van der Waals surface area contributed by atoms with Crippen LogP contribution in [0.5, 0.6) is 5.75 Å². The van der Waals surface area contributed by atoms with Crippen LogP contribution in [0.3, 0.4) is 0 Å². The number of rotatable bonds is 8. The number of hydrogen-bond acceptors (Lipinski definition) is 5. The van der Waals surface area contributed by atoms with Gasteiger partial charge in [-0.15, -0.1) is 5.10 Å². The zero-order chi connectivity index (χ0) is 21.1. The Morgan fingerprint density at radius 1 is 1.20 bits per heavy atom. The molecule has 2 aromatic carbocycles. The van der Waals surface area contributed by atoms with Crippen molar-refractivity contribution in [2.24, 2.45) is 0 Å². The molecule has 0 bridgehead atoms. The number of aliphatic hydroxyl groups excluding tert-OH is 1. The zero-order valence-electron chi connectivity index (χ0n) is 16.0. The Morgan fingerprint density at radius 2 is 1.97 bits per heavy atom. The maximum Gasteiger partial charge on any atom is 0.291 e. The molecular weight excluding hydrogens is 394 g/mol. The van der Waals surface area contributed by atoms with Gasteiger partial charge in [-0.2, -0.15) is 0 Å². The second-order valence-corrected chi connectivity index (χ2v) is 7.07. The number of nitrogens with one attached hydrogen (secondary N) is 1. The summed E-state index contributed by atoms with van der Waals surface area (Å²) in [5.41, 5.74) is 0.825. The topological polar surface area (TPSA) is 89.3 Å². The number of ether oxygens (including phenoxy) is 1. The highest BCUT2D eigenvalue weighted by Crippen LogP contribution is 2.39. The van der Waals surface area contributed by atoms with Crippen LogP contribution in [0.15, 0.2) is 48.5 Å². The van der Waals surface area contributed by atoms with Gasteiger partial charge >= 0.3 is 0 Å². The van der Waals surface area contributed by atoms with E-state index in [0.717, 1.165) is 36.5 Å². The van der Waals surface area contributed by atoms with Crippen molar-refractivity contribution in [3.8, 4) is 11.4 Å². The summed E-state index contributed by atoms with van der Waals surface area (Å²) in [7, 11) is 0. The standard InChI is InChI=1S/C21H20F2N4O3/c22-17-9-8-16(10-18(17)23)30-12-15(28)11-24-21(29)19-25-20(13-6-7-13)27(26-19)14-4-2-1-3-5-14/h1-5,8-10,13,15,28H,6-7,11-12H2,(H,24,29). The van der Waals surface area contributed by atoms with Gasteiger partial charge in [0.1, 0.15) is 24.3 Å². The van der Waals surface area contributed by atoms with Crippen LogP contribution in [0.25, 0.3) is 5.69 Å². The molecule has 1 atom stereocenters. The van der Waals surface area contributed by atoms with Crippen LogP contribution < -0.4 is 10.1 Å². The molecule has 7 nitrogen and oxygen atoms in total. The van der Waals surface area contributed by atoms with Crippen LogP contribution in [-0.4, -0.2) is 45.0 Å². The van der Waals surface area contributed by atoms with Crippen molar-refractivity contribution in [2.45, 2.75) is 24.9 Å². The summed E-state index contributed by atoms with van der Waals surface area (Å²) in [6, 6.07) is 12.5. The molecule has 0 saturated heterocycles. The van der Waals surface area contributed by atoms with Crippen molar-refractivity contribution in [2.75, 3.05) is 13.2 Å².